The lowest BCUT2D eigenvalue weighted by Gasteiger charge is -2.30. The van der Waals surface area contributed by atoms with Gasteiger partial charge < -0.3 is 10.1 Å². The molecular formula is C17H23N7O. The first kappa shape index (κ1) is 17.1. The smallest absolute Gasteiger partial charge is 0.200 e. The average molecular weight is 341 g/mol. The Morgan fingerprint density at radius 1 is 1.20 bits per heavy atom. The van der Waals surface area contributed by atoms with Crippen molar-refractivity contribution in [3.8, 4) is 5.75 Å². The van der Waals surface area contributed by atoms with Crippen LogP contribution in [-0.4, -0.2) is 56.9 Å². The van der Waals surface area contributed by atoms with Crippen molar-refractivity contribution in [1.29, 1.82) is 0 Å². The van der Waals surface area contributed by atoms with Crippen LogP contribution < -0.4 is 10.1 Å². The highest BCUT2D eigenvalue weighted by Gasteiger charge is 2.18. The van der Waals surface area contributed by atoms with E-state index in [0.717, 1.165) is 31.2 Å². The minimum atomic E-state index is 0.205. The average Bonchev–Trinajstić information content (AvgIpc) is 3.13. The second kappa shape index (κ2) is 7.89. The van der Waals surface area contributed by atoms with Crippen molar-refractivity contribution in [2.24, 2.45) is 0 Å². The normalized spacial score (nSPS) is 12.5. The number of anilines is 1. The van der Waals surface area contributed by atoms with E-state index in [9.17, 15) is 0 Å². The van der Waals surface area contributed by atoms with Crippen LogP contribution in [0.15, 0.2) is 36.4 Å². The largest absolute Gasteiger partial charge is 0.497 e. The minimum absolute atomic E-state index is 0.205. The molecule has 0 aliphatic carbocycles. The van der Waals surface area contributed by atoms with E-state index in [4.69, 9.17) is 4.74 Å². The Kier molecular flexibility index (Phi) is 5.39. The van der Waals surface area contributed by atoms with E-state index in [2.05, 4.69) is 56.8 Å². The molecule has 2 heterocycles. The molecule has 0 aliphatic heterocycles. The Morgan fingerprint density at radius 2 is 2.04 bits per heavy atom. The Morgan fingerprint density at radius 3 is 2.80 bits per heavy atom. The number of tetrazole rings is 1. The molecule has 0 aliphatic rings. The summed E-state index contributed by atoms with van der Waals surface area (Å²) in [7, 11) is 1.69. The molecular weight excluding hydrogens is 318 g/mol. The number of rotatable bonds is 8. The van der Waals surface area contributed by atoms with Gasteiger partial charge in [-0.2, -0.15) is 0 Å². The lowest BCUT2D eigenvalue weighted by atomic mass is 10.0. The zero-order valence-corrected chi connectivity index (χ0v) is 14.8. The predicted molar refractivity (Wildman–Crippen MR) is 95.7 cm³/mol. The van der Waals surface area contributed by atoms with Gasteiger partial charge in [-0.3, -0.25) is 4.90 Å². The maximum Gasteiger partial charge on any atom is 0.200 e. The molecule has 25 heavy (non-hydrogen) atoms. The maximum absolute atomic E-state index is 5.38. The Bertz CT molecular complexity index is 815. The molecule has 0 spiro atoms. The van der Waals surface area contributed by atoms with E-state index >= 15 is 0 Å². The first-order valence-electron chi connectivity index (χ1n) is 8.42. The van der Waals surface area contributed by atoms with Crippen LogP contribution >= 0.6 is 0 Å². The number of benzene rings is 1. The molecule has 0 amide bonds. The number of methoxy groups -OCH3 is 1. The van der Waals surface area contributed by atoms with E-state index in [1.165, 1.54) is 10.2 Å². The van der Waals surface area contributed by atoms with Crippen LogP contribution in [0.4, 0.5) is 5.82 Å². The highest BCUT2D eigenvalue weighted by atomic mass is 16.5. The van der Waals surface area contributed by atoms with Gasteiger partial charge in [0.05, 0.1) is 13.2 Å². The van der Waals surface area contributed by atoms with Crippen LogP contribution in [0.2, 0.25) is 0 Å². The number of nitrogens with one attached hydrogen (secondary N) is 1. The number of likely N-dealkylation sites (N-methyl/N-ethyl adjacent to an activating group) is 1. The lowest BCUT2D eigenvalue weighted by molar-refractivity contribution is 0.227. The fourth-order valence-electron chi connectivity index (χ4n) is 2.92. The Labute approximate surface area is 146 Å². The zero-order valence-electron chi connectivity index (χ0n) is 14.8. The number of aromatic nitrogens is 5. The second-order valence-electron chi connectivity index (χ2n) is 5.64. The number of ether oxygens (including phenoxy) is 1. The fraction of sp³-hybridized carbons (Fsp3) is 0.412. The van der Waals surface area contributed by atoms with Gasteiger partial charge in [0.2, 0.25) is 0 Å². The molecule has 132 valence electrons. The summed E-state index contributed by atoms with van der Waals surface area (Å²) in [5.74, 6) is 1.60. The van der Waals surface area contributed by atoms with Crippen molar-refractivity contribution in [3.63, 3.8) is 0 Å². The van der Waals surface area contributed by atoms with E-state index in [1.54, 1.807) is 7.11 Å². The van der Waals surface area contributed by atoms with Gasteiger partial charge in [0, 0.05) is 6.54 Å². The van der Waals surface area contributed by atoms with Gasteiger partial charge in [-0.1, -0.05) is 26.0 Å². The third-order valence-corrected chi connectivity index (χ3v) is 4.28. The summed E-state index contributed by atoms with van der Waals surface area (Å²) in [6.45, 7) is 6.97. The van der Waals surface area contributed by atoms with Crippen molar-refractivity contribution in [3.05, 3.63) is 42.0 Å². The first-order valence-corrected chi connectivity index (χ1v) is 8.42. The predicted octanol–water partition coefficient (Wildman–Crippen LogP) is 2.02. The van der Waals surface area contributed by atoms with Crippen LogP contribution in [0.25, 0.3) is 5.65 Å². The lowest BCUT2D eigenvalue weighted by Crippen LogP contribution is -2.33. The zero-order chi connectivity index (χ0) is 17.6. The van der Waals surface area contributed by atoms with Gasteiger partial charge in [0.25, 0.3) is 0 Å². The summed E-state index contributed by atoms with van der Waals surface area (Å²) in [6, 6.07) is 12.1. The van der Waals surface area contributed by atoms with Crippen molar-refractivity contribution in [2.75, 3.05) is 32.1 Å². The molecule has 0 saturated carbocycles. The van der Waals surface area contributed by atoms with E-state index in [1.807, 2.05) is 24.3 Å². The molecule has 0 fully saturated rings. The molecule has 0 saturated heterocycles. The standard InChI is InChI=1S/C17H23N7O/c1-4-23(5-2)15(13-7-6-8-14(11-13)25-3)12-18-16-9-10-17-19-21-22-24(17)20-16/h6-11,15H,4-5,12H2,1-3H3,(H,18,20)/t15-/m1/s1. The summed E-state index contributed by atoms with van der Waals surface area (Å²) in [5, 5.41) is 19.1. The summed E-state index contributed by atoms with van der Waals surface area (Å²) >= 11 is 0. The molecule has 1 atom stereocenters. The van der Waals surface area contributed by atoms with Gasteiger partial charge >= 0.3 is 0 Å². The highest BCUT2D eigenvalue weighted by molar-refractivity contribution is 5.42. The van der Waals surface area contributed by atoms with Crippen molar-refractivity contribution in [2.45, 2.75) is 19.9 Å². The quantitative estimate of drug-likeness (QED) is 0.671. The highest BCUT2D eigenvalue weighted by Crippen LogP contribution is 2.24. The third kappa shape index (κ3) is 3.85. The number of fused-ring (bicyclic) bond motifs is 1. The van der Waals surface area contributed by atoms with Crippen LogP contribution in [0.1, 0.15) is 25.5 Å². The van der Waals surface area contributed by atoms with Gasteiger partial charge in [0.15, 0.2) is 5.65 Å². The molecule has 0 bridgehead atoms. The fourth-order valence-corrected chi connectivity index (χ4v) is 2.92. The molecule has 3 aromatic rings. The van der Waals surface area contributed by atoms with Gasteiger partial charge in [-0.15, -0.1) is 14.8 Å². The minimum Gasteiger partial charge on any atom is -0.497 e. The Hall–Kier alpha value is -2.74. The van der Waals surface area contributed by atoms with Gasteiger partial charge in [-0.05, 0) is 53.3 Å². The molecule has 0 unspecified atom stereocenters. The number of nitrogens with zero attached hydrogens (tertiary/aromatic N) is 6. The molecule has 8 nitrogen and oxygen atoms in total. The Balaban J connectivity index is 1.81. The molecule has 0 radical (unpaired) electrons. The SMILES string of the molecule is CCN(CC)[C@H](CNc1ccc2nnnn2n1)c1cccc(OC)c1. The van der Waals surface area contributed by atoms with Crippen molar-refractivity contribution >= 4 is 11.5 Å². The van der Waals surface area contributed by atoms with Crippen LogP contribution in [0.3, 0.4) is 0 Å². The summed E-state index contributed by atoms with van der Waals surface area (Å²) in [6.07, 6.45) is 0. The monoisotopic (exact) mass is 341 g/mol. The molecule has 2 aromatic heterocycles. The molecule has 3 rings (SSSR count). The van der Waals surface area contributed by atoms with Crippen molar-refractivity contribution < 1.29 is 4.74 Å². The summed E-state index contributed by atoms with van der Waals surface area (Å²) in [4.78, 5) is 2.40. The van der Waals surface area contributed by atoms with Crippen LogP contribution in [-0.2, 0) is 0 Å². The van der Waals surface area contributed by atoms with E-state index in [0.29, 0.717) is 5.65 Å². The van der Waals surface area contributed by atoms with E-state index in [-0.39, 0.29) is 6.04 Å². The van der Waals surface area contributed by atoms with Gasteiger partial charge in [-0.25, -0.2) is 0 Å². The number of hydrogen-bond acceptors (Lipinski definition) is 7. The first-order chi connectivity index (χ1) is 12.2. The maximum atomic E-state index is 5.38. The van der Waals surface area contributed by atoms with Gasteiger partial charge in [0.1, 0.15) is 11.6 Å². The molecule has 8 heteroatoms. The topological polar surface area (TPSA) is 80.5 Å². The second-order valence-corrected chi connectivity index (χ2v) is 5.64. The summed E-state index contributed by atoms with van der Waals surface area (Å²) in [5.41, 5.74) is 1.83. The van der Waals surface area contributed by atoms with Crippen molar-refractivity contribution in [1.82, 2.24) is 30.2 Å². The third-order valence-electron chi connectivity index (χ3n) is 4.28. The number of hydrogen-bond donors (Lipinski definition) is 1. The molecule has 1 aromatic carbocycles. The van der Waals surface area contributed by atoms with E-state index < -0.39 is 0 Å². The van der Waals surface area contributed by atoms with Crippen LogP contribution in [0, 0.1) is 0 Å². The molecule has 1 N–H and O–H groups in total. The van der Waals surface area contributed by atoms with Crippen LogP contribution in [0.5, 0.6) is 5.75 Å². The summed E-state index contributed by atoms with van der Waals surface area (Å²) < 4.78 is 6.79.